The van der Waals surface area contributed by atoms with Crippen molar-refractivity contribution >= 4 is 10.9 Å². The van der Waals surface area contributed by atoms with Gasteiger partial charge in [0.15, 0.2) is 0 Å². The molecule has 1 saturated carbocycles. The van der Waals surface area contributed by atoms with E-state index in [0.29, 0.717) is 12.6 Å². The van der Waals surface area contributed by atoms with E-state index in [1.807, 2.05) is 18.2 Å². The highest BCUT2D eigenvalue weighted by molar-refractivity contribution is 5.85. The number of rotatable bonds is 8. The number of nitrogens with zero attached hydrogens (tertiary/aromatic N) is 2. The lowest BCUT2D eigenvalue weighted by molar-refractivity contribution is -0.0794. The second-order valence-electron chi connectivity index (χ2n) is 7.49. The number of nitrogens with one attached hydrogen (secondary N) is 1. The van der Waals surface area contributed by atoms with Crippen LogP contribution >= 0.6 is 0 Å². The summed E-state index contributed by atoms with van der Waals surface area (Å²) < 4.78 is 17.1. The van der Waals surface area contributed by atoms with Crippen molar-refractivity contribution in [2.24, 2.45) is 0 Å². The maximum absolute atomic E-state index is 6.21. The maximum atomic E-state index is 6.21. The second kappa shape index (κ2) is 8.52. The maximum Gasteiger partial charge on any atom is 0.130 e. The van der Waals surface area contributed by atoms with E-state index < -0.39 is 0 Å². The molecule has 0 radical (unpaired) electrons. The number of ether oxygens (including phenoxy) is 3. The number of hydrogen-bond acceptors (Lipinski definition) is 6. The molecule has 2 aliphatic rings. The standard InChI is InChI=1S/C21H29N3O3/c1-25-14-18-11-22-10-17(27-18)13-24(16-7-8-16)12-15-9-21(26-2)19-5-3-4-6-20(19)23-15/h3-6,9,16-18,22H,7-8,10-14H2,1-2H3/t17-,18+/m1/s1. The minimum Gasteiger partial charge on any atom is -0.496 e. The predicted octanol–water partition coefficient (Wildman–Crippen LogP) is 2.21. The minimum absolute atomic E-state index is 0.133. The molecule has 1 saturated heterocycles. The summed E-state index contributed by atoms with van der Waals surface area (Å²) in [6.45, 7) is 4.11. The number of para-hydroxylation sites is 1. The number of methoxy groups -OCH3 is 2. The van der Waals surface area contributed by atoms with E-state index in [4.69, 9.17) is 19.2 Å². The topological polar surface area (TPSA) is 55.9 Å². The summed E-state index contributed by atoms with van der Waals surface area (Å²) in [5.41, 5.74) is 2.04. The summed E-state index contributed by atoms with van der Waals surface area (Å²) in [6, 6.07) is 10.9. The van der Waals surface area contributed by atoms with Crippen LogP contribution in [-0.4, -0.2) is 68.6 Å². The van der Waals surface area contributed by atoms with Crippen molar-refractivity contribution < 1.29 is 14.2 Å². The van der Waals surface area contributed by atoms with Crippen LogP contribution in [0.3, 0.4) is 0 Å². The van der Waals surface area contributed by atoms with Crippen LogP contribution in [0, 0.1) is 0 Å². The Bertz CT molecular complexity index is 763. The van der Waals surface area contributed by atoms with Crippen molar-refractivity contribution in [2.75, 3.05) is 40.5 Å². The molecule has 0 bridgehead atoms. The molecule has 6 heteroatoms. The SMILES string of the molecule is COC[C@@H]1CNC[C@H](CN(Cc2cc(OC)c3ccccc3n2)C2CC2)O1. The van der Waals surface area contributed by atoms with Crippen LogP contribution in [0.25, 0.3) is 10.9 Å². The Morgan fingerprint density at radius 1 is 1.19 bits per heavy atom. The molecule has 0 spiro atoms. The van der Waals surface area contributed by atoms with Crippen LogP contribution in [-0.2, 0) is 16.0 Å². The van der Waals surface area contributed by atoms with Gasteiger partial charge >= 0.3 is 0 Å². The van der Waals surface area contributed by atoms with Gasteiger partial charge < -0.3 is 19.5 Å². The third-order valence-electron chi connectivity index (χ3n) is 5.30. The number of fused-ring (bicyclic) bond motifs is 1. The summed E-state index contributed by atoms with van der Waals surface area (Å²) in [4.78, 5) is 7.39. The van der Waals surface area contributed by atoms with Gasteiger partial charge in [0.2, 0.25) is 0 Å². The van der Waals surface area contributed by atoms with Crippen LogP contribution in [0.5, 0.6) is 5.75 Å². The number of morpholine rings is 1. The Balaban J connectivity index is 1.48. The average Bonchev–Trinajstić information content (AvgIpc) is 3.53. The molecule has 4 rings (SSSR count). The van der Waals surface area contributed by atoms with E-state index in [9.17, 15) is 0 Å². The van der Waals surface area contributed by atoms with E-state index in [2.05, 4.69) is 22.3 Å². The Labute approximate surface area is 160 Å². The molecule has 2 heterocycles. The van der Waals surface area contributed by atoms with E-state index >= 15 is 0 Å². The van der Waals surface area contributed by atoms with Gasteiger partial charge in [-0.25, -0.2) is 0 Å². The first kappa shape index (κ1) is 18.6. The zero-order valence-corrected chi connectivity index (χ0v) is 16.2. The van der Waals surface area contributed by atoms with Crippen LogP contribution < -0.4 is 10.1 Å². The zero-order valence-electron chi connectivity index (χ0n) is 16.2. The first-order chi connectivity index (χ1) is 13.3. The van der Waals surface area contributed by atoms with Gasteiger partial charge in [0.25, 0.3) is 0 Å². The first-order valence-electron chi connectivity index (χ1n) is 9.78. The fraction of sp³-hybridized carbons (Fsp3) is 0.571. The van der Waals surface area contributed by atoms with Gasteiger partial charge in [-0.15, -0.1) is 0 Å². The molecule has 1 N–H and O–H groups in total. The summed E-state index contributed by atoms with van der Waals surface area (Å²) in [6.07, 6.45) is 2.83. The molecule has 146 valence electrons. The van der Waals surface area contributed by atoms with Crippen molar-refractivity contribution in [3.8, 4) is 5.75 Å². The average molecular weight is 371 g/mol. The molecule has 0 unspecified atom stereocenters. The molecule has 1 aliphatic heterocycles. The van der Waals surface area contributed by atoms with Gasteiger partial charge in [0.1, 0.15) is 5.75 Å². The third-order valence-corrected chi connectivity index (χ3v) is 5.30. The molecule has 27 heavy (non-hydrogen) atoms. The lowest BCUT2D eigenvalue weighted by Crippen LogP contribution is -2.50. The Morgan fingerprint density at radius 2 is 2.00 bits per heavy atom. The van der Waals surface area contributed by atoms with Crippen molar-refractivity contribution in [1.29, 1.82) is 0 Å². The summed E-state index contributed by atoms with van der Waals surface area (Å²) in [5.74, 6) is 0.891. The van der Waals surface area contributed by atoms with Crippen LogP contribution in [0.15, 0.2) is 30.3 Å². The zero-order chi connectivity index (χ0) is 18.6. The van der Waals surface area contributed by atoms with E-state index in [1.54, 1.807) is 14.2 Å². The molecule has 1 aromatic heterocycles. The Kier molecular flexibility index (Phi) is 5.88. The van der Waals surface area contributed by atoms with Gasteiger partial charge in [-0.2, -0.15) is 0 Å². The van der Waals surface area contributed by atoms with Crippen LogP contribution in [0.4, 0.5) is 0 Å². The number of hydrogen-bond donors (Lipinski definition) is 1. The molecule has 2 fully saturated rings. The minimum atomic E-state index is 0.133. The fourth-order valence-electron chi connectivity index (χ4n) is 3.86. The predicted molar refractivity (Wildman–Crippen MR) is 105 cm³/mol. The highest BCUT2D eigenvalue weighted by Crippen LogP contribution is 2.31. The second-order valence-corrected chi connectivity index (χ2v) is 7.49. The van der Waals surface area contributed by atoms with Crippen molar-refractivity contribution in [1.82, 2.24) is 15.2 Å². The molecule has 2 aromatic rings. The monoisotopic (exact) mass is 371 g/mol. The van der Waals surface area contributed by atoms with Gasteiger partial charge in [0.05, 0.1) is 37.1 Å². The normalized spacial score (nSPS) is 23.1. The van der Waals surface area contributed by atoms with Gasteiger partial charge in [-0.1, -0.05) is 12.1 Å². The highest BCUT2D eigenvalue weighted by Gasteiger charge is 2.33. The van der Waals surface area contributed by atoms with Gasteiger partial charge in [0, 0.05) is 50.8 Å². The highest BCUT2D eigenvalue weighted by atomic mass is 16.5. The van der Waals surface area contributed by atoms with Crippen molar-refractivity contribution in [3.05, 3.63) is 36.0 Å². The largest absolute Gasteiger partial charge is 0.496 e. The third kappa shape index (κ3) is 4.58. The summed E-state index contributed by atoms with van der Waals surface area (Å²) >= 11 is 0. The molecule has 0 amide bonds. The molecular weight excluding hydrogens is 342 g/mol. The lowest BCUT2D eigenvalue weighted by atomic mass is 10.1. The Morgan fingerprint density at radius 3 is 2.78 bits per heavy atom. The number of aromatic nitrogens is 1. The molecule has 1 aromatic carbocycles. The number of benzene rings is 1. The number of pyridine rings is 1. The quantitative estimate of drug-likeness (QED) is 0.768. The molecule has 2 atom stereocenters. The van der Waals surface area contributed by atoms with E-state index in [0.717, 1.165) is 48.5 Å². The first-order valence-corrected chi connectivity index (χ1v) is 9.78. The smallest absolute Gasteiger partial charge is 0.130 e. The lowest BCUT2D eigenvalue weighted by Gasteiger charge is -2.34. The van der Waals surface area contributed by atoms with Crippen molar-refractivity contribution in [3.63, 3.8) is 0 Å². The molecule has 1 aliphatic carbocycles. The summed E-state index contributed by atoms with van der Waals surface area (Å²) in [7, 11) is 3.45. The van der Waals surface area contributed by atoms with Crippen LogP contribution in [0.1, 0.15) is 18.5 Å². The van der Waals surface area contributed by atoms with Gasteiger partial charge in [-0.3, -0.25) is 9.88 Å². The molecular formula is C21H29N3O3. The van der Waals surface area contributed by atoms with Gasteiger partial charge in [-0.05, 0) is 25.0 Å². The Hall–Kier alpha value is -1.73. The van der Waals surface area contributed by atoms with E-state index in [1.165, 1.54) is 12.8 Å². The fourth-order valence-corrected chi connectivity index (χ4v) is 3.86. The van der Waals surface area contributed by atoms with Crippen LogP contribution in [0.2, 0.25) is 0 Å². The van der Waals surface area contributed by atoms with Crippen molar-refractivity contribution in [2.45, 2.75) is 37.6 Å². The van der Waals surface area contributed by atoms with E-state index in [-0.39, 0.29) is 12.2 Å². The molecule has 6 nitrogen and oxygen atoms in total. The summed E-state index contributed by atoms with van der Waals surface area (Å²) in [5, 5.41) is 4.53.